The Labute approximate surface area is 116 Å². The molecule has 20 heavy (non-hydrogen) atoms. The van der Waals surface area contributed by atoms with E-state index < -0.39 is 17.8 Å². The number of rotatable bonds is 5. The monoisotopic (exact) mass is 288 g/mol. The van der Waals surface area contributed by atoms with Gasteiger partial charge in [-0.2, -0.15) is 13.2 Å². The molecule has 1 saturated heterocycles. The summed E-state index contributed by atoms with van der Waals surface area (Å²) in [6.45, 7) is 3.24. The third-order valence-corrected chi connectivity index (χ3v) is 3.44. The Morgan fingerprint density at radius 1 is 1.50 bits per heavy atom. The third-order valence-electron chi connectivity index (χ3n) is 3.44. The van der Waals surface area contributed by atoms with Crippen molar-refractivity contribution in [2.45, 2.75) is 44.5 Å². The van der Waals surface area contributed by atoms with Gasteiger partial charge in [-0.25, -0.2) is 0 Å². The standard InChI is InChI=1S/C14H19F3N2O/c1-2-6-19-13(12-4-3-8-20-12)10-9-18-7-5-11(10)14(15,16)17/h5,7,9,12-13,19H,2-4,6,8H2,1H3. The summed E-state index contributed by atoms with van der Waals surface area (Å²) in [6, 6.07) is 0.577. The molecule has 3 nitrogen and oxygen atoms in total. The second-order valence-electron chi connectivity index (χ2n) is 4.94. The molecule has 1 aliphatic rings. The maximum atomic E-state index is 13.1. The average Bonchev–Trinajstić information content (AvgIpc) is 2.92. The van der Waals surface area contributed by atoms with Crippen LogP contribution >= 0.6 is 0 Å². The quantitative estimate of drug-likeness (QED) is 0.902. The van der Waals surface area contributed by atoms with Gasteiger partial charge < -0.3 is 10.1 Å². The average molecular weight is 288 g/mol. The molecular weight excluding hydrogens is 269 g/mol. The van der Waals surface area contributed by atoms with Gasteiger partial charge in [0.15, 0.2) is 0 Å². The van der Waals surface area contributed by atoms with E-state index in [9.17, 15) is 13.2 Å². The van der Waals surface area contributed by atoms with E-state index in [0.29, 0.717) is 13.2 Å². The normalized spacial score (nSPS) is 21.1. The predicted octanol–water partition coefficient (Wildman–Crippen LogP) is 3.32. The fraction of sp³-hybridized carbons (Fsp3) is 0.643. The first-order chi connectivity index (χ1) is 9.54. The van der Waals surface area contributed by atoms with E-state index in [2.05, 4.69) is 10.3 Å². The number of alkyl halides is 3. The number of nitrogens with zero attached hydrogens (tertiary/aromatic N) is 1. The van der Waals surface area contributed by atoms with Gasteiger partial charge in [-0.05, 0) is 31.9 Å². The van der Waals surface area contributed by atoms with Gasteiger partial charge in [0, 0.05) is 24.6 Å². The van der Waals surface area contributed by atoms with Gasteiger partial charge in [0.1, 0.15) is 0 Å². The lowest BCUT2D eigenvalue weighted by molar-refractivity contribution is -0.138. The molecule has 1 aromatic rings. The molecule has 2 heterocycles. The highest BCUT2D eigenvalue weighted by Crippen LogP contribution is 2.37. The summed E-state index contributed by atoms with van der Waals surface area (Å²) in [4.78, 5) is 3.86. The van der Waals surface area contributed by atoms with Crippen molar-refractivity contribution in [3.8, 4) is 0 Å². The Hall–Kier alpha value is -1.14. The number of hydrogen-bond donors (Lipinski definition) is 1. The van der Waals surface area contributed by atoms with Crippen LogP contribution in [0, 0.1) is 0 Å². The highest BCUT2D eigenvalue weighted by molar-refractivity contribution is 5.30. The van der Waals surface area contributed by atoms with Crippen LogP contribution in [-0.2, 0) is 10.9 Å². The smallest absolute Gasteiger partial charge is 0.376 e. The minimum Gasteiger partial charge on any atom is -0.376 e. The molecule has 1 N–H and O–H groups in total. The molecule has 2 rings (SSSR count). The summed E-state index contributed by atoms with van der Waals surface area (Å²) >= 11 is 0. The largest absolute Gasteiger partial charge is 0.416 e. The Bertz CT molecular complexity index is 431. The molecule has 2 atom stereocenters. The Morgan fingerprint density at radius 3 is 2.90 bits per heavy atom. The van der Waals surface area contributed by atoms with Gasteiger partial charge in [-0.15, -0.1) is 0 Å². The number of pyridine rings is 1. The van der Waals surface area contributed by atoms with Gasteiger partial charge in [-0.1, -0.05) is 6.92 Å². The van der Waals surface area contributed by atoms with Crippen molar-refractivity contribution in [1.29, 1.82) is 0 Å². The van der Waals surface area contributed by atoms with Crippen LogP contribution in [0.4, 0.5) is 13.2 Å². The summed E-state index contributed by atoms with van der Waals surface area (Å²) in [6.07, 6.45) is 0.404. The number of halogens is 3. The molecule has 0 aromatic carbocycles. The van der Waals surface area contributed by atoms with Crippen molar-refractivity contribution in [2.75, 3.05) is 13.2 Å². The van der Waals surface area contributed by atoms with Crippen LogP contribution in [0.5, 0.6) is 0 Å². The lowest BCUT2D eigenvalue weighted by Gasteiger charge is -2.27. The summed E-state index contributed by atoms with van der Waals surface area (Å²) < 4.78 is 44.9. The van der Waals surface area contributed by atoms with Gasteiger partial charge in [0.05, 0.1) is 17.7 Å². The fourth-order valence-corrected chi connectivity index (χ4v) is 2.52. The zero-order valence-electron chi connectivity index (χ0n) is 11.4. The molecule has 0 radical (unpaired) electrons. The van der Waals surface area contributed by atoms with Crippen LogP contribution in [-0.4, -0.2) is 24.2 Å². The van der Waals surface area contributed by atoms with Crippen LogP contribution < -0.4 is 5.32 Å². The zero-order valence-corrected chi connectivity index (χ0v) is 11.4. The molecule has 1 aliphatic heterocycles. The highest BCUT2D eigenvalue weighted by atomic mass is 19.4. The number of ether oxygens (including phenoxy) is 1. The molecule has 1 fully saturated rings. The van der Waals surface area contributed by atoms with Gasteiger partial charge in [-0.3, -0.25) is 4.98 Å². The second kappa shape index (κ2) is 6.54. The van der Waals surface area contributed by atoms with Crippen LogP contribution in [0.1, 0.15) is 43.4 Å². The number of hydrogen-bond acceptors (Lipinski definition) is 3. The lowest BCUT2D eigenvalue weighted by atomic mass is 9.96. The van der Waals surface area contributed by atoms with E-state index in [4.69, 9.17) is 4.74 Å². The van der Waals surface area contributed by atoms with E-state index in [0.717, 1.165) is 25.3 Å². The van der Waals surface area contributed by atoms with Crippen molar-refractivity contribution in [2.24, 2.45) is 0 Å². The Morgan fingerprint density at radius 2 is 2.30 bits per heavy atom. The molecule has 1 aromatic heterocycles. The molecular formula is C14H19F3N2O. The van der Waals surface area contributed by atoms with E-state index in [1.807, 2.05) is 6.92 Å². The van der Waals surface area contributed by atoms with Crippen molar-refractivity contribution in [3.63, 3.8) is 0 Å². The fourth-order valence-electron chi connectivity index (χ4n) is 2.52. The summed E-state index contributed by atoms with van der Waals surface area (Å²) in [7, 11) is 0. The summed E-state index contributed by atoms with van der Waals surface area (Å²) in [5.74, 6) is 0. The van der Waals surface area contributed by atoms with Crippen LogP contribution in [0.15, 0.2) is 18.5 Å². The minimum absolute atomic E-state index is 0.181. The molecule has 0 bridgehead atoms. The van der Waals surface area contributed by atoms with Crippen molar-refractivity contribution >= 4 is 0 Å². The van der Waals surface area contributed by atoms with E-state index in [-0.39, 0.29) is 11.7 Å². The third kappa shape index (κ3) is 3.49. The number of aromatic nitrogens is 1. The first-order valence-corrected chi connectivity index (χ1v) is 6.90. The van der Waals surface area contributed by atoms with E-state index in [1.165, 1.54) is 12.4 Å². The second-order valence-corrected chi connectivity index (χ2v) is 4.94. The van der Waals surface area contributed by atoms with Crippen LogP contribution in [0.2, 0.25) is 0 Å². The maximum Gasteiger partial charge on any atom is 0.416 e. The molecule has 0 spiro atoms. The first kappa shape index (κ1) is 15.3. The first-order valence-electron chi connectivity index (χ1n) is 6.90. The maximum absolute atomic E-state index is 13.1. The van der Waals surface area contributed by atoms with E-state index >= 15 is 0 Å². The minimum atomic E-state index is -4.37. The predicted molar refractivity (Wildman–Crippen MR) is 69.2 cm³/mol. The summed E-state index contributed by atoms with van der Waals surface area (Å²) in [5, 5.41) is 3.18. The number of nitrogens with one attached hydrogen (secondary N) is 1. The van der Waals surface area contributed by atoms with E-state index in [1.54, 1.807) is 0 Å². The molecule has 112 valence electrons. The van der Waals surface area contributed by atoms with Crippen molar-refractivity contribution in [3.05, 3.63) is 29.6 Å². The highest BCUT2D eigenvalue weighted by Gasteiger charge is 2.38. The SMILES string of the molecule is CCCNC(c1cnccc1C(F)(F)F)C1CCCO1. The molecule has 0 amide bonds. The van der Waals surface area contributed by atoms with Gasteiger partial charge in [0.25, 0.3) is 0 Å². The molecule has 0 saturated carbocycles. The van der Waals surface area contributed by atoms with Crippen molar-refractivity contribution in [1.82, 2.24) is 10.3 Å². The van der Waals surface area contributed by atoms with Gasteiger partial charge >= 0.3 is 6.18 Å². The molecule has 2 unspecified atom stereocenters. The lowest BCUT2D eigenvalue weighted by Crippen LogP contribution is -2.34. The summed E-state index contributed by atoms with van der Waals surface area (Å²) in [5.41, 5.74) is -0.447. The zero-order chi connectivity index (χ0) is 14.6. The van der Waals surface area contributed by atoms with Crippen LogP contribution in [0.25, 0.3) is 0 Å². The van der Waals surface area contributed by atoms with Crippen molar-refractivity contribution < 1.29 is 17.9 Å². The molecule has 0 aliphatic carbocycles. The molecule has 6 heteroatoms. The Kier molecular flexibility index (Phi) is 4.99. The Balaban J connectivity index is 2.32. The topological polar surface area (TPSA) is 34.2 Å². The van der Waals surface area contributed by atoms with Crippen LogP contribution in [0.3, 0.4) is 0 Å². The van der Waals surface area contributed by atoms with Gasteiger partial charge in [0.2, 0.25) is 0 Å².